The van der Waals surface area contributed by atoms with Crippen molar-refractivity contribution in [3.8, 4) is 0 Å². The summed E-state index contributed by atoms with van der Waals surface area (Å²) in [6.07, 6.45) is 9.88. The molecule has 0 aliphatic rings. The molecule has 0 amide bonds. The first-order valence-corrected chi connectivity index (χ1v) is 9.16. The van der Waals surface area contributed by atoms with Gasteiger partial charge in [0.1, 0.15) is 5.82 Å². The van der Waals surface area contributed by atoms with Crippen molar-refractivity contribution in [2.45, 2.75) is 52.4 Å². The quantitative estimate of drug-likeness (QED) is 0.306. The molecule has 0 spiro atoms. The van der Waals surface area contributed by atoms with Crippen LogP contribution in [0.5, 0.6) is 0 Å². The van der Waals surface area contributed by atoms with Crippen LogP contribution >= 0.6 is 0 Å². The number of hydrogen-bond donors (Lipinski definition) is 0. The Labute approximate surface area is 150 Å². The Morgan fingerprint density at radius 3 is 2.12 bits per heavy atom. The van der Waals surface area contributed by atoms with Crippen molar-refractivity contribution >= 4 is 12.4 Å². The monoisotopic (exact) mass is 338 g/mol. The Kier molecular flexibility index (Phi) is 8.03. The number of nitrogens with zero attached hydrogens (tertiary/aromatic N) is 2. The van der Waals surface area contributed by atoms with Gasteiger partial charge in [-0.1, -0.05) is 69.5 Å². The fourth-order valence-electron chi connectivity index (χ4n) is 2.67. The van der Waals surface area contributed by atoms with Gasteiger partial charge in [0.25, 0.3) is 0 Å². The molecule has 3 heteroatoms. The number of aryl methyl sites for hydroxylation is 2. The van der Waals surface area contributed by atoms with Gasteiger partial charge in [-0.15, -0.1) is 0 Å². The summed E-state index contributed by atoms with van der Waals surface area (Å²) in [4.78, 5) is 0. The second-order valence-electron chi connectivity index (χ2n) is 6.29. The molecule has 0 unspecified atom stereocenters. The van der Waals surface area contributed by atoms with E-state index in [1.54, 1.807) is 12.4 Å². The standard InChI is InChI=1S/C22H27FN2/c1-3-5-6-8-18-9-11-19(12-10-18)16-24-25-17-20-13-14-21(7-4-2)22(23)15-20/h9-17H,3-8H2,1-2H3/b24-16+,25-17+. The fourth-order valence-corrected chi connectivity index (χ4v) is 2.67. The molecule has 0 atom stereocenters. The van der Waals surface area contributed by atoms with Gasteiger partial charge < -0.3 is 0 Å². The summed E-state index contributed by atoms with van der Waals surface area (Å²) in [5.74, 6) is -0.173. The Balaban J connectivity index is 1.89. The summed E-state index contributed by atoms with van der Waals surface area (Å²) in [7, 11) is 0. The molecule has 0 fully saturated rings. The van der Waals surface area contributed by atoms with Gasteiger partial charge in [0.05, 0.1) is 12.4 Å². The Hall–Kier alpha value is -2.29. The van der Waals surface area contributed by atoms with Crippen LogP contribution in [0.4, 0.5) is 4.39 Å². The summed E-state index contributed by atoms with van der Waals surface area (Å²) in [5.41, 5.74) is 3.85. The second kappa shape index (κ2) is 10.5. The molecule has 2 aromatic rings. The molecule has 0 aliphatic heterocycles. The molecular weight excluding hydrogens is 311 g/mol. The molecule has 2 aromatic carbocycles. The first-order chi connectivity index (χ1) is 12.2. The van der Waals surface area contributed by atoms with Crippen LogP contribution < -0.4 is 0 Å². The van der Waals surface area contributed by atoms with Crippen molar-refractivity contribution in [1.82, 2.24) is 0 Å². The van der Waals surface area contributed by atoms with Crippen molar-refractivity contribution in [1.29, 1.82) is 0 Å². The largest absolute Gasteiger partial charge is 0.207 e. The van der Waals surface area contributed by atoms with E-state index in [2.05, 4.69) is 41.4 Å². The first-order valence-electron chi connectivity index (χ1n) is 9.16. The maximum atomic E-state index is 13.9. The molecule has 0 aromatic heterocycles. The van der Waals surface area contributed by atoms with Crippen molar-refractivity contribution < 1.29 is 4.39 Å². The van der Waals surface area contributed by atoms with E-state index in [0.29, 0.717) is 0 Å². The van der Waals surface area contributed by atoms with Gasteiger partial charge in [-0.2, -0.15) is 10.2 Å². The number of halogens is 1. The highest BCUT2D eigenvalue weighted by atomic mass is 19.1. The lowest BCUT2D eigenvalue weighted by Gasteiger charge is -2.01. The van der Waals surface area contributed by atoms with E-state index < -0.39 is 0 Å². The van der Waals surface area contributed by atoms with E-state index in [0.717, 1.165) is 36.0 Å². The lowest BCUT2D eigenvalue weighted by Crippen LogP contribution is -1.92. The van der Waals surface area contributed by atoms with E-state index in [4.69, 9.17) is 0 Å². The summed E-state index contributed by atoms with van der Waals surface area (Å²) in [6, 6.07) is 13.6. The Bertz CT molecular complexity index is 702. The third-order valence-electron chi connectivity index (χ3n) is 4.13. The molecule has 2 rings (SSSR count). The molecule has 0 aliphatic carbocycles. The van der Waals surface area contributed by atoms with Gasteiger partial charge >= 0.3 is 0 Å². The third-order valence-corrected chi connectivity index (χ3v) is 4.13. The number of benzene rings is 2. The number of hydrogen-bond acceptors (Lipinski definition) is 2. The van der Waals surface area contributed by atoms with Crippen LogP contribution in [0.2, 0.25) is 0 Å². The second-order valence-corrected chi connectivity index (χ2v) is 6.29. The van der Waals surface area contributed by atoms with Gasteiger partial charge in [0.15, 0.2) is 0 Å². The van der Waals surface area contributed by atoms with Gasteiger partial charge in [0.2, 0.25) is 0 Å². The highest BCUT2D eigenvalue weighted by Crippen LogP contribution is 2.11. The minimum absolute atomic E-state index is 0.173. The zero-order valence-corrected chi connectivity index (χ0v) is 15.2. The van der Waals surface area contributed by atoms with Crippen LogP contribution in [0.15, 0.2) is 52.7 Å². The molecule has 2 nitrogen and oxygen atoms in total. The molecule has 0 radical (unpaired) electrons. The maximum absolute atomic E-state index is 13.9. The molecule has 0 heterocycles. The summed E-state index contributed by atoms with van der Waals surface area (Å²) >= 11 is 0. The number of rotatable bonds is 9. The molecule has 25 heavy (non-hydrogen) atoms. The molecule has 0 bridgehead atoms. The predicted octanol–water partition coefficient (Wildman–Crippen LogP) is 5.96. The zero-order chi connectivity index (χ0) is 17.9. The highest BCUT2D eigenvalue weighted by Gasteiger charge is 2.01. The van der Waals surface area contributed by atoms with Crippen LogP contribution in [0.3, 0.4) is 0 Å². The van der Waals surface area contributed by atoms with Gasteiger partial charge in [0, 0.05) is 0 Å². The molecular formula is C22H27FN2. The molecule has 0 saturated heterocycles. The smallest absolute Gasteiger partial charge is 0.127 e. The minimum atomic E-state index is -0.173. The van der Waals surface area contributed by atoms with Crippen molar-refractivity contribution in [3.05, 3.63) is 70.5 Å². The molecule has 132 valence electrons. The van der Waals surface area contributed by atoms with Gasteiger partial charge in [-0.05, 0) is 47.6 Å². The Morgan fingerprint density at radius 2 is 1.48 bits per heavy atom. The highest BCUT2D eigenvalue weighted by molar-refractivity contribution is 5.82. The van der Waals surface area contributed by atoms with Crippen LogP contribution in [0.25, 0.3) is 0 Å². The van der Waals surface area contributed by atoms with E-state index in [-0.39, 0.29) is 5.82 Å². The van der Waals surface area contributed by atoms with Crippen LogP contribution in [-0.4, -0.2) is 12.4 Å². The predicted molar refractivity (Wildman–Crippen MR) is 105 cm³/mol. The SMILES string of the molecule is CCCCCc1ccc(/C=N/N=C/c2ccc(CCC)c(F)c2)cc1. The van der Waals surface area contributed by atoms with E-state index in [1.807, 2.05) is 19.1 Å². The summed E-state index contributed by atoms with van der Waals surface area (Å²) < 4.78 is 13.9. The Morgan fingerprint density at radius 1 is 0.800 bits per heavy atom. The summed E-state index contributed by atoms with van der Waals surface area (Å²) in [5, 5.41) is 8.07. The van der Waals surface area contributed by atoms with Crippen molar-refractivity contribution in [2.75, 3.05) is 0 Å². The minimum Gasteiger partial charge on any atom is -0.207 e. The molecule has 0 saturated carbocycles. The van der Waals surface area contributed by atoms with E-state index in [9.17, 15) is 4.39 Å². The average Bonchev–Trinajstić information content (AvgIpc) is 2.62. The van der Waals surface area contributed by atoms with E-state index in [1.165, 1.54) is 30.9 Å². The normalized spacial score (nSPS) is 11.6. The van der Waals surface area contributed by atoms with Crippen LogP contribution in [0, 0.1) is 5.82 Å². The first kappa shape index (κ1) is 19.0. The third kappa shape index (κ3) is 6.61. The number of unbranched alkanes of at least 4 members (excludes halogenated alkanes) is 2. The van der Waals surface area contributed by atoms with E-state index >= 15 is 0 Å². The van der Waals surface area contributed by atoms with Crippen LogP contribution in [0.1, 0.15) is 61.8 Å². The lowest BCUT2D eigenvalue weighted by molar-refractivity contribution is 0.607. The zero-order valence-electron chi connectivity index (χ0n) is 15.2. The topological polar surface area (TPSA) is 24.7 Å². The van der Waals surface area contributed by atoms with Gasteiger partial charge in [-0.25, -0.2) is 4.39 Å². The van der Waals surface area contributed by atoms with Crippen LogP contribution in [-0.2, 0) is 12.8 Å². The van der Waals surface area contributed by atoms with Gasteiger partial charge in [-0.3, -0.25) is 0 Å². The average molecular weight is 338 g/mol. The molecule has 0 N–H and O–H groups in total. The fraction of sp³-hybridized carbons (Fsp3) is 0.364. The maximum Gasteiger partial charge on any atom is 0.127 e. The van der Waals surface area contributed by atoms with Crippen molar-refractivity contribution in [3.63, 3.8) is 0 Å². The summed E-state index contributed by atoms with van der Waals surface area (Å²) in [6.45, 7) is 4.26. The lowest BCUT2D eigenvalue weighted by atomic mass is 10.1. The van der Waals surface area contributed by atoms with Crippen molar-refractivity contribution in [2.24, 2.45) is 10.2 Å².